The molecule has 22 heavy (non-hydrogen) atoms. The van der Waals surface area contributed by atoms with Gasteiger partial charge in [0.05, 0.1) is 5.92 Å². The molecule has 0 saturated carbocycles. The van der Waals surface area contributed by atoms with Crippen molar-refractivity contribution < 1.29 is 19.9 Å². The van der Waals surface area contributed by atoms with Crippen LogP contribution in [-0.2, 0) is 4.79 Å². The summed E-state index contributed by atoms with van der Waals surface area (Å²) in [5, 5.41) is 27.3. The maximum Gasteiger partial charge on any atom is 0.451 e. The first-order valence-electron chi connectivity index (χ1n) is 8.49. The fraction of sp³-hybridized carbons (Fsp3) is 0.933. The smallest absolute Gasteiger partial charge is 0.451 e. The number of piperidine rings is 1. The summed E-state index contributed by atoms with van der Waals surface area (Å²) in [4.78, 5) is 16.2. The van der Waals surface area contributed by atoms with Crippen molar-refractivity contribution in [2.75, 3.05) is 33.2 Å². The van der Waals surface area contributed by atoms with Crippen molar-refractivity contribution in [3.05, 3.63) is 0 Å². The third-order valence-corrected chi connectivity index (χ3v) is 5.26. The largest absolute Gasteiger partial charge is 0.481 e. The van der Waals surface area contributed by atoms with Crippen LogP contribution in [0.2, 0.25) is 6.32 Å². The molecule has 0 bridgehead atoms. The number of hydrogen-bond donors (Lipinski definition) is 3. The molecule has 0 amide bonds. The summed E-state index contributed by atoms with van der Waals surface area (Å²) < 4.78 is 0. The zero-order chi connectivity index (χ0) is 16.1. The first kappa shape index (κ1) is 17.7. The molecule has 0 aliphatic carbocycles. The summed E-state index contributed by atoms with van der Waals surface area (Å²) in [6, 6.07) is 0.543. The predicted molar refractivity (Wildman–Crippen MR) is 85.6 cm³/mol. The number of carbonyl (C=O) groups is 1. The quantitative estimate of drug-likeness (QED) is 0.589. The van der Waals surface area contributed by atoms with Crippen LogP contribution < -0.4 is 0 Å². The van der Waals surface area contributed by atoms with Gasteiger partial charge in [0.1, 0.15) is 0 Å². The highest BCUT2D eigenvalue weighted by molar-refractivity contribution is 6.40. The van der Waals surface area contributed by atoms with Gasteiger partial charge in [-0.15, -0.1) is 0 Å². The third-order valence-electron chi connectivity index (χ3n) is 5.26. The Bertz CT molecular complexity index is 369. The average molecular weight is 312 g/mol. The van der Waals surface area contributed by atoms with Crippen LogP contribution in [-0.4, -0.2) is 77.3 Å². The number of aliphatic carboxylic acids is 1. The van der Waals surface area contributed by atoms with Gasteiger partial charge in [0.25, 0.3) is 0 Å². The molecule has 2 saturated heterocycles. The summed E-state index contributed by atoms with van der Waals surface area (Å²) in [7, 11) is 0.881. The Hall–Kier alpha value is -0.625. The van der Waals surface area contributed by atoms with E-state index in [4.69, 9.17) is 10.0 Å². The Balaban J connectivity index is 1.84. The van der Waals surface area contributed by atoms with E-state index in [1.807, 2.05) is 0 Å². The van der Waals surface area contributed by atoms with Gasteiger partial charge in [-0.1, -0.05) is 12.8 Å². The third kappa shape index (κ3) is 4.94. The van der Waals surface area contributed by atoms with Crippen molar-refractivity contribution in [3.8, 4) is 0 Å². The van der Waals surface area contributed by atoms with Crippen molar-refractivity contribution in [3.63, 3.8) is 0 Å². The monoisotopic (exact) mass is 312 g/mol. The van der Waals surface area contributed by atoms with E-state index in [1.165, 1.54) is 19.3 Å². The number of likely N-dealkylation sites (N-methyl/N-ethyl adjacent to an activating group) is 1. The first-order chi connectivity index (χ1) is 10.5. The molecule has 2 aliphatic heterocycles. The standard InChI is InChI=1S/C15H29BN2O4/c1-17-8-3-2-6-13(17)10-18-9-12(5-4-7-16(21)22)14(11-18)15(19)20/h12-14,21-22H,2-11H2,1H3,(H,19,20). The van der Waals surface area contributed by atoms with Crippen molar-refractivity contribution in [1.82, 2.24) is 9.80 Å². The molecule has 0 aromatic rings. The van der Waals surface area contributed by atoms with Crippen LogP contribution in [0.1, 0.15) is 32.1 Å². The van der Waals surface area contributed by atoms with Crippen LogP contribution in [0.15, 0.2) is 0 Å². The van der Waals surface area contributed by atoms with Crippen molar-refractivity contribution >= 4 is 13.1 Å². The van der Waals surface area contributed by atoms with E-state index in [0.29, 0.717) is 25.3 Å². The minimum atomic E-state index is -1.28. The van der Waals surface area contributed by atoms with Gasteiger partial charge in [0.15, 0.2) is 0 Å². The summed E-state index contributed by atoms with van der Waals surface area (Å²) in [5.74, 6) is -0.899. The van der Waals surface area contributed by atoms with E-state index in [9.17, 15) is 9.90 Å². The Morgan fingerprint density at radius 3 is 2.68 bits per heavy atom. The van der Waals surface area contributed by atoms with E-state index in [1.54, 1.807) is 0 Å². The van der Waals surface area contributed by atoms with Gasteiger partial charge in [-0.25, -0.2) is 0 Å². The summed E-state index contributed by atoms with van der Waals surface area (Å²) in [6.45, 7) is 3.55. The highest BCUT2D eigenvalue weighted by Gasteiger charge is 2.38. The van der Waals surface area contributed by atoms with Gasteiger partial charge in [-0.05, 0) is 45.1 Å². The van der Waals surface area contributed by atoms with E-state index in [0.717, 1.165) is 26.1 Å². The van der Waals surface area contributed by atoms with Crippen LogP contribution in [0, 0.1) is 11.8 Å². The van der Waals surface area contributed by atoms with Crippen LogP contribution in [0.25, 0.3) is 0 Å². The first-order valence-corrected chi connectivity index (χ1v) is 8.49. The molecule has 2 fully saturated rings. The summed E-state index contributed by atoms with van der Waals surface area (Å²) in [6.07, 6.45) is 5.48. The topological polar surface area (TPSA) is 84.2 Å². The summed E-state index contributed by atoms with van der Waals surface area (Å²) in [5.41, 5.74) is 0. The van der Waals surface area contributed by atoms with Gasteiger partial charge < -0.3 is 25.0 Å². The molecule has 0 radical (unpaired) electrons. The second kappa shape index (κ2) is 8.29. The van der Waals surface area contributed by atoms with Crippen LogP contribution >= 0.6 is 0 Å². The van der Waals surface area contributed by atoms with Crippen molar-refractivity contribution in [2.45, 2.75) is 44.5 Å². The highest BCUT2D eigenvalue weighted by atomic mass is 16.4. The lowest BCUT2D eigenvalue weighted by Crippen LogP contribution is -2.44. The summed E-state index contributed by atoms with van der Waals surface area (Å²) >= 11 is 0. The number of hydrogen-bond acceptors (Lipinski definition) is 5. The van der Waals surface area contributed by atoms with Crippen LogP contribution in [0.3, 0.4) is 0 Å². The molecule has 3 N–H and O–H groups in total. The molecular formula is C15H29BN2O4. The number of carboxylic acid groups (broad SMARTS) is 1. The maximum absolute atomic E-state index is 11.5. The van der Waals surface area contributed by atoms with E-state index in [2.05, 4.69) is 16.8 Å². The molecule has 3 atom stereocenters. The number of likely N-dealkylation sites (tertiary alicyclic amines) is 2. The van der Waals surface area contributed by atoms with E-state index < -0.39 is 13.1 Å². The average Bonchev–Trinajstić information content (AvgIpc) is 2.84. The lowest BCUT2D eigenvalue weighted by Gasteiger charge is -2.35. The molecule has 0 spiro atoms. The van der Waals surface area contributed by atoms with Crippen LogP contribution in [0.5, 0.6) is 0 Å². The molecule has 126 valence electrons. The second-order valence-electron chi connectivity index (χ2n) is 6.97. The second-order valence-corrected chi connectivity index (χ2v) is 6.97. The molecule has 2 aliphatic rings. The Labute approximate surface area is 133 Å². The zero-order valence-corrected chi connectivity index (χ0v) is 13.5. The molecule has 2 rings (SSSR count). The fourth-order valence-corrected chi connectivity index (χ4v) is 3.92. The van der Waals surface area contributed by atoms with Gasteiger partial charge >= 0.3 is 13.1 Å². The normalized spacial score (nSPS) is 30.6. The minimum Gasteiger partial charge on any atom is -0.481 e. The van der Waals surface area contributed by atoms with E-state index >= 15 is 0 Å². The minimum absolute atomic E-state index is 0.130. The molecule has 6 nitrogen and oxygen atoms in total. The molecule has 2 heterocycles. The molecule has 7 heteroatoms. The number of carboxylic acids is 1. The van der Waals surface area contributed by atoms with Crippen LogP contribution in [0.4, 0.5) is 0 Å². The van der Waals surface area contributed by atoms with Crippen molar-refractivity contribution in [2.24, 2.45) is 11.8 Å². The Morgan fingerprint density at radius 1 is 1.27 bits per heavy atom. The molecular weight excluding hydrogens is 283 g/mol. The SMILES string of the molecule is CN1CCCCC1CN1CC(CCCB(O)O)C(C(=O)O)C1. The molecule has 0 aromatic heterocycles. The Kier molecular flexibility index (Phi) is 6.68. The lowest BCUT2D eigenvalue weighted by atomic mass is 9.80. The van der Waals surface area contributed by atoms with Gasteiger partial charge in [0.2, 0.25) is 0 Å². The van der Waals surface area contributed by atoms with Gasteiger partial charge in [-0.2, -0.15) is 0 Å². The predicted octanol–water partition coefficient (Wildman–Crippen LogP) is 0.356. The molecule has 0 aromatic carbocycles. The number of nitrogens with zero attached hydrogens (tertiary/aromatic N) is 2. The highest BCUT2D eigenvalue weighted by Crippen LogP contribution is 2.29. The van der Waals surface area contributed by atoms with E-state index in [-0.39, 0.29) is 11.8 Å². The maximum atomic E-state index is 11.5. The van der Waals surface area contributed by atoms with Crippen molar-refractivity contribution in [1.29, 1.82) is 0 Å². The van der Waals surface area contributed by atoms with Gasteiger partial charge in [-0.3, -0.25) is 4.79 Å². The number of rotatable bonds is 7. The lowest BCUT2D eigenvalue weighted by molar-refractivity contribution is -0.142. The Morgan fingerprint density at radius 2 is 2.05 bits per heavy atom. The zero-order valence-electron chi connectivity index (χ0n) is 13.5. The molecule has 3 unspecified atom stereocenters. The fourth-order valence-electron chi connectivity index (χ4n) is 3.92. The van der Waals surface area contributed by atoms with Gasteiger partial charge in [0, 0.05) is 25.7 Å².